The molecule has 0 rings (SSSR count). The van der Waals surface area contributed by atoms with E-state index in [1.807, 2.05) is 34.7 Å². The largest absolute Gasteiger partial charge is 0.380 e. The standard InChI is InChI=1S/C16H31ClN2O2/c1-11(2)13(9-12(3)10-21-8)19(7)15(20)14(18-17)16(4,5)6/h9,11,13-14,18H,10H2,1-8H3/b12-9+. The van der Waals surface area contributed by atoms with Gasteiger partial charge in [-0.1, -0.05) is 40.7 Å². The number of hydrogen-bond acceptors (Lipinski definition) is 3. The van der Waals surface area contributed by atoms with Crippen LogP contribution in [0.1, 0.15) is 41.5 Å². The third-order valence-electron chi connectivity index (χ3n) is 3.53. The van der Waals surface area contributed by atoms with Crippen molar-refractivity contribution in [1.29, 1.82) is 0 Å². The lowest BCUT2D eigenvalue weighted by atomic mass is 9.86. The van der Waals surface area contributed by atoms with Crippen molar-refractivity contribution in [3.63, 3.8) is 0 Å². The van der Waals surface area contributed by atoms with Gasteiger partial charge in [0.2, 0.25) is 5.91 Å². The summed E-state index contributed by atoms with van der Waals surface area (Å²) in [6.07, 6.45) is 2.10. The highest BCUT2D eigenvalue weighted by atomic mass is 35.5. The Balaban J connectivity index is 5.26. The number of nitrogens with zero attached hydrogens (tertiary/aromatic N) is 1. The molecule has 0 aliphatic carbocycles. The first kappa shape index (κ1) is 20.4. The second-order valence-electron chi connectivity index (χ2n) is 7.04. The lowest BCUT2D eigenvalue weighted by molar-refractivity contribution is -0.136. The summed E-state index contributed by atoms with van der Waals surface area (Å²) in [4.78, 5) is 17.1. The van der Waals surface area contributed by atoms with Gasteiger partial charge in [0.1, 0.15) is 6.04 Å². The molecule has 0 saturated heterocycles. The Morgan fingerprint density at radius 2 is 1.90 bits per heavy atom. The zero-order valence-electron chi connectivity index (χ0n) is 14.7. The summed E-state index contributed by atoms with van der Waals surface area (Å²) in [5, 5.41) is 0. The van der Waals surface area contributed by atoms with Crippen molar-refractivity contribution in [1.82, 2.24) is 9.74 Å². The van der Waals surface area contributed by atoms with E-state index in [0.717, 1.165) is 5.57 Å². The first-order valence-corrected chi connectivity index (χ1v) is 7.73. The summed E-state index contributed by atoms with van der Waals surface area (Å²) in [5.74, 6) is 0.305. The molecule has 0 radical (unpaired) electrons. The van der Waals surface area contributed by atoms with Crippen LogP contribution in [-0.2, 0) is 9.53 Å². The summed E-state index contributed by atoms with van der Waals surface area (Å²) < 4.78 is 5.14. The number of ether oxygens (including phenoxy) is 1. The number of likely N-dealkylation sites (N-methyl/N-ethyl adjacent to an activating group) is 1. The molecule has 0 aliphatic heterocycles. The summed E-state index contributed by atoms with van der Waals surface area (Å²) in [6.45, 7) is 12.8. The molecule has 0 aromatic carbocycles. The maximum atomic E-state index is 12.7. The number of carbonyl (C=O) groups is 1. The van der Waals surface area contributed by atoms with E-state index in [-0.39, 0.29) is 17.4 Å². The zero-order valence-corrected chi connectivity index (χ0v) is 15.4. The van der Waals surface area contributed by atoms with Crippen LogP contribution in [0.15, 0.2) is 11.6 Å². The van der Waals surface area contributed by atoms with Crippen LogP contribution in [0.25, 0.3) is 0 Å². The first-order valence-electron chi connectivity index (χ1n) is 7.35. The molecule has 0 fully saturated rings. The Hall–Kier alpha value is -0.580. The quantitative estimate of drug-likeness (QED) is 0.579. The topological polar surface area (TPSA) is 41.6 Å². The molecule has 2 atom stereocenters. The SMILES string of the molecule is COC/C(C)=C/C(C(C)C)N(C)C(=O)C(NCl)C(C)(C)C. The molecular weight excluding hydrogens is 288 g/mol. The molecule has 4 nitrogen and oxygen atoms in total. The molecule has 2 unspecified atom stereocenters. The molecular formula is C16H31ClN2O2. The van der Waals surface area contributed by atoms with E-state index >= 15 is 0 Å². The molecule has 0 bridgehead atoms. The van der Waals surface area contributed by atoms with Gasteiger partial charge in [-0.05, 0) is 35.6 Å². The third-order valence-corrected chi connectivity index (χ3v) is 3.75. The second-order valence-corrected chi connectivity index (χ2v) is 7.26. The number of amides is 1. The number of rotatable bonds is 7. The number of halogens is 1. The van der Waals surface area contributed by atoms with Crippen molar-refractivity contribution in [2.75, 3.05) is 20.8 Å². The molecule has 1 N–H and O–H groups in total. The molecule has 5 heteroatoms. The highest BCUT2D eigenvalue weighted by Gasteiger charge is 2.35. The first-order chi connectivity index (χ1) is 9.56. The fraction of sp³-hybridized carbons (Fsp3) is 0.812. The maximum absolute atomic E-state index is 12.7. The van der Waals surface area contributed by atoms with Gasteiger partial charge in [0.25, 0.3) is 0 Å². The van der Waals surface area contributed by atoms with Crippen LogP contribution in [0, 0.1) is 11.3 Å². The van der Waals surface area contributed by atoms with Gasteiger partial charge in [0, 0.05) is 14.2 Å². The van der Waals surface area contributed by atoms with Crippen LogP contribution in [0.4, 0.5) is 0 Å². The monoisotopic (exact) mass is 318 g/mol. The van der Waals surface area contributed by atoms with Crippen molar-refractivity contribution < 1.29 is 9.53 Å². The minimum atomic E-state index is -0.429. The van der Waals surface area contributed by atoms with Crippen molar-refractivity contribution in [2.45, 2.75) is 53.6 Å². The zero-order chi connectivity index (χ0) is 16.8. The van der Waals surface area contributed by atoms with Gasteiger partial charge in [0.15, 0.2) is 0 Å². The van der Waals surface area contributed by atoms with Gasteiger partial charge in [-0.25, -0.2) is 4.84 Å². The van der Waals surface area contributed by atoms with Crippen LogP contribution >= 0.6 is 11.8 Å². The van der Waals surface area contributed by atoms with Crippen molar-refractivity contribution in [3.8, 4) is 0 Å². The van der Waals surface area contributed by atoms with Gasteiger partial charge in [-0.15, -0.1) is 0 Å². The van der Waals surface area contributed by atoms with E-state index in [1.165, 1.54) is 0 Å². The van der Waals surface area contributed by atoms with Gasteiger partial charge in [0.05, 0.1) is 12.6 Å². The van der Waals surface area contributed by atoms with Crippen LogP contribution < -0.4 is 4.84 Å². The predicted octanol–water partition coefficient (Wildman–Crippen LogP) is 3.22. The Morgan fingerprint density at radius 3 is 2.24 bits per heavy atom. The van der Waals surface area contributed by atoms with E-state index in [2.05, 4.69) is 24.8 Å². The number of hydrogen-bond donors (Lipinski definition) is 1. The van der Waals surface area contributed by atoms with Crippen molar-refractivity contribution >= 4 is 17.7 Å². The molecule has 1 amide bonds. The number of carbonyl (C=O) groups excluding carboxylic acids is 1. The molecule has 0 saturated carbocycles. The molecule has 0 aromatic heterocycles. The minimum absolute atomic E-state index is 0.00216. The Kier molecular flexibility index (Phi) is 8.52. The number of nitrogens with one attached hydrogen (secondary N) is 1. The predicted molar refractivity (Wildman–Crippen MR) is 89.3 cm³/mol. The highest BCUT2D eigenvalue weighted by molar-refractivity contribution is 6.15. The van der Waals surface area contributed by atoms with Gasteiger partial charge in [-0.3, -0.25) is 4.79 Å². The van der Waals surface area contributed by atoms with E-state index < -0.39 is 6.04 Å². The van der Waals surface area contributed by atoms with E-state index in [0.29, 0.717) is 12.5 Å². The summed E-state index contributed by atoms with van der Waals surface area (Å²) in [5.41, 5.74) is 0.863. The normalized spacial score (nSPS) is 16.0. The Morgan fingerprint density at radius 1 is 1.38 bits per heavy atom. The lowest BCUT2D eigenvalue weighted by Crippen LogP contribution is -2.52. The summed E-state index contributed by atoms with van der Waals surface area (Å²) in [6, 6.07) is -0.413. The third kappa shape index (κ3) is 6.37. The minimum Gasteiger partial charge on any atom is -0.380 e. The van der Waals surface area contributed by atoms with Gasteiger partial charge >= 0.3 is 0 Å². The molecule has 0 aliphatic rings. The van der Waals surface area contributed by atoms with Crippen LogP contribution in [0.5, 0.6) is 0 Å². The van der Waals surface area contributed by atoms with E-state index in [4.69, 9.17) is 16.5 Å². The fourth-order valence-corrected chi connectivity index (χ4v) is 2.67. The van der Waals surface area contributed by atoms with Gasteiger partial charge < -0.3 is 9.64 Å². The Bertz CT molecular complexity index is 362. The smallest absolute Gasteiger partial charge is 0.241 e. The molecule has 21 heavy (non-hydrogen) atoms. The average Bonchev–Trinajstić information content (AvgIpc) is 2.34. The maximum Gasteiger partial charge on any atom is 0.241 e. The molecule has 0 heterocycles. The summed E-state index contributed by atoms with van der Waals surface area (Å²) in [7, 11) is 3.50. The lowest BCUT2D eigenvalue weighted by Gasteiger charge is -2.36. The molecule has 124 valence electrons. The van der Waals surface area contributed by atoms with E-state index in [1.54, 1.807) is 12.0 Å². The summed E-state index contributed by atoms with van der Waals surface area (Å²) >= 11 is 5.80. The van der Waals surface area contributed by atoms with Crippen LogP contribution in [0.3, 0.4) is 0 Å². The van der Waals surface area contributed by atoms with Crippen molar-refractivity contribution in [3.05, 3.63) is 11.6 Å². The van der Waals surface area contributed by atoms with Crippen molar-refractivity contribution in [2.24, 2.45) is 11.3 Å². The fourth-order valence-electron chi connectivity index (χ4n) is 2.25. The average molecular weight is 319 g/mol. The highest BCUT2D eigenvalue weighted by Crippen LogP contribution is 2.23. The second kappa shape index (κ2) is 8.76. The molecule has 0 aromatic rings. The van der Waals surface area contributed by atoms with Crippen LogP contribution in [0.2, 0.25) is 0 Å². The molecule has 0 spiro atoms. The van der Waals surface area contributed by atoms with Crippen LogP contribution in [-0.4, -0.2) is 43.7 Å². The van der Waals surface area contributed by atoms with Gasteiger partial charge in [-0.2, -0.15) is 0 Å². The number of methoxy groups -OCH3 is 1. The van der Waals surface area contributed by atoms with E-state index in [9.17, 15) is 4.79 Å². The Labute approximate surface area is 135 Å².